The molecule has 3 aliphatic rings. The van der Waals surface area contributed by atoms with Crippen molar-refractivity contribution in [2.24, 2.45) is 29.1 Å². The fourth-order valence-corrected chi connectivity index (χ4v) is 5.92. The second-order valence-electron chi connectivity index (χ2n) is 10.0. The van der Waals surface area contributed by atoms with Crippen molar-refractivity contribution in [1.82, 2.24) is 20.6 Å². The van der Waals surface area contributed by atoms with Crippen LogP contribution in [0.4, 0.5) is 0 Å². The normalized spacial score (nSPS) is 37.0. The van der Waals surface area contributed by atoms with Crippen LogP contribution < -0.4 is 10.6 Å². The first-order chi connectivity index (χ1) is 14.3. The molecule has 0 aromatic carbocycles. The first kappa shape index (κ1) is 21.2. The van der Waals surface area contributed by atoms with Gasteiger partial charge in [-0.3, -0.25) is 9.59 Å². The van der Waals surface area contributed by atoms with Crippen LogP contribution in [-0.4, -0.2) is 45.1 Å². The van der Waals surface area contributed by atoms with Gasteiger partial charge in [0, 0.05) is 30.4 Å². The molecule has 3 fully saturated rings. The van der Waals surface area contributed by atoms with E-state index in [2.05, 4.69) is 34.4 Å². The number of aliphatic hydroxyl groups is 1. The van der Waals surface area contributed by atoms with Gasteiger partial charge >= 0.3 is 0 Å². The zero-order chi connectivity index (χ0) is 21.5. The zero-order valence-corrected chi connectivity index (χ0v) is 18.2. The number of carbonyl (C=O) groups excluding carboxylic acids is 2. The number of nitrogens with zero attached hydrogens (tertiary/aromatic N) is 2. The molecule has 3 aliphatic carbocycles. The van der Waals surface area contributed by atoms with Gasteiger partial charge in [0.1, 0.15) is 6.33 Å². The van der Waals surface area contributed by atoms with Gasteiger partial charge in [-0.25, -0.2) is 9.97 Å². The number of rotatable bonds is 5. The van der Waals surface area contributed by atoms with E-state index < -0.39 is 6.10 Å². The van der Waals surface area contributed by atoms with Crippen LogP contribution in [0.1, 0.15) is 69.7 Å². The van der Waals surface area contributed by atoms with Crippen LogP contribution in [0.3, 0.4) is 0 Å². The Morgan fingerprint density at radius 1 is 1.13 bits per heavy atom. The Hall–Kier alpha value is -2.02. The minimum absolute atomic E-state index is 0.0141. The Bertz CT molecular complexity index is 784. The number of hydrogen-bond donors (Lipinski definition) is 3. The molecule has 30 heavy (non-hydrogen) atoms. The summed E-state index contributed by atoms with van der Waals surface area (Å²) < 4.78 is 0. The molecule has 7 atom stereocenters. The summed E-state index contributed by atoms with van der Waals surface area (Å²) in [6.07, 6.45) is 9.78. The molecule has 0 aliphatic heterocycles. The predicted octanol–water partition coefficient (Wildman–Crippen LogP) is 2.31. The minimum Gasteiger partial charge on any atom is -0.392 e. The van der Waals surface area contributed by atoms with E-state index in [9.17, 15) is 14.7 Å². The van der Waals surface area contributed by atoms with Crippen molar-refractivity contribution in [1.29, 1.82) is 0 Å². The summed E-state index contributed by atoms with van der Waals surface area (Å²) in [5.41, 5.74) is 0.490. The fourth-order valence-electron chi connectivity index (χ4n) is 5.92. The minimum atomic E-state index is -0.543. The number of nitrogens with one attached hydrogen (secondary N) is 2. The maximum atomic E-state index is 12.6. The number of fused-ring (bicyclic) bond motifs is 1. The fraction of sp³-hybridized carbons (Fsp3) is 0.739. The van der Waals surface area contributed by atoms with Crippen LogP contribution in [0.5, 0.6) is 0 Å². The highest BCUT2D eigenvalue weighted by molar-refractivity contribution is 5.93. The van der Waals surface area contributed by atoms with Gasteiger partial charge in [-0.15, -0.1) is 0 Å². The third-order valence-electron chi connectivity index (χ3n) is 8.01. The lowest BCUT2D eigenvalue weighted by Crippen LogP contribution is -2.58. The molecule has 0 bridgehead atoms. The van der Waals surface area contributed by atoms with Crippen LogP contribution in [0.25, 0.3) is 0 Å². The number of hydrogen-bond acceptors (Lipinski definition) is 5. The molecule has 1 aromatic rings. The van der Waals surface area contributed by atoms with Crippen LogP contribution in [-0.2, 0) is 4.79 Å². The van der Waals surface area contributed by atoms with E-state index in [4.69, 9.17) is 0 Å². The highest BCUT2D eigenvalue weighted by Crippen LogP contribution is 2.55. The molecule has 164 valence electrons. The monoisotopic (exact) mass is 414 g/mol. The summed E-state index contributed by atoms with van der Waals surface area (Å²) in [5.74, 6) is -0.167. The third kappa shape index (κ3) is 4.09. The van der Waals surface area contributed by atoms with E-state index >= 15 is 0 Å². The molecular weight excluding hydrogens is 380 g/mol. The highest BCUT2D eigenvalue weighted by Gasteiger charge is 2.54. The molecule has 3 saturated carbocycles. The second kappa shape index (κ2) is 8.25. The standard InChI is InChI=1S/C23H34N4O3/c1-13(21(29)26-16-4-5-16)17-6-8-23(3)9-7-18(14(2)19(23)20(17)28)27-22(30)15-10-24-12-25-11-15/h10-14,16-20,28H,4-9H2,1-3H3,(H,26,29)(H,27,30)/t13-,14+,17+,18-,19+,20-,23-/m0/s1. The summed E-state index contributed by atoms with van der Waals surface area (Å²) in [6, 6.07) is 0.320. The molecule has 3 N–H and O–H groups in total. The van der Waals surface area contributed by atoms with Crippen LogP contribution >= 0.6 is 0 Å². The van der Waals surface area contributed by atoms with Crippen molar-refractivity contribution < 1.29 is 14.7 Å². The molecule has 1 aromatic heterocycles. The summed E-state index contributed by atoms with van der Waals surface area (Å²) in [7, 11) is 0. The Kier molecular flexibility index (Phi) is 5.84. The van der Waals surface area contributed by atoms with Gasteiger partial charge in [0.2, 0.25) is 5.91 Å². The van der Waals surface area contributed by atoms with Gasteiger partial charge in [0.05, 0.1) is 11.7 Å². The van der Waals surface area contributed by atoms with Crippen LogP contribution in [0.2, 0.25) is 0 Å². The zero-order valence-electron chi connectivity index (χ0n) is 18.2. The summed E-state index contributed by atoms with van der Waals surface area (Å²) in [5, 5.41) is 17.7. The molecule has 0 radical (unpaired) electrons. The Labute approximate surface area is 178 Å². The first-order valence-corrected chi connectivity index (χ1v) is 11.3. The maximum absolute atomic E-state index is 12.6. The van der Waals surface area contributed by atoms with Gasteiger partial charge in [-0.05, 0) is 61.7 Å². The maximum Gasteiger partial charge on any atom is 0.254 e. The molecule has 1 heterocycles. The molecule has 0 unspecified atom stereocenters. The van der Waals surface area contributed by atoms with Crippen molar-refractivity contribution in [3.63, 3.8) is 0 Å². The molecule has 7 nitrogen and oxygen atoms in total. The first-order valence-electron chi connectivity index (χ1n) is 11.3. The molecule has 7 heteroatoms. The van der Waals surface area contributed by atoms with Crippen molar-refractivity contribution in [2.45, 2.75) is 77.5 Å². The van der Waals surface area contributed by atoms with Gasteiger partial charge in [-0.1, -0.05) is 20.8 Å². The Morgan fingerprint density at radius 2 is 1.80 bits per heavy atom. The van der Waals surface area contributed by atoms with Crippen LogP contribution in [0, 0.1) is 29.1 Å². The van der Waals surface area contributed by atoms with Gasteiger partial charge < -0.3 is 15.7 Å². The predicted molar refractivity (Wildman–Crippen MR) is 112 cm³/mol. The number of amides is 2. The van der Waals surface area contributed by atoms with Crippen molar-refractivity contribution in [3.05, 3.63) is 24.3 Å². The molecule has 0 saturated heterocycles. The van der Waals surface area contributed by atoms with Crippen molar-refractivity contribution in [2.75, 3.05) is 0 Å². The van der Waals surface area contributed by atoms with Gasteiger partial charge in [-0.2, -0.15) is 0 Å². The van der Waals surface area contributed by atoms with E-state index in [0.717, 1.165) is 38.5 Å². The summed E-state index contributed by atoms with van der Waals surface area (Å²) in [4.78, 5) is 33.1. The molecule has 4 rings (SSSR count). The van der Waals surface area contributed by atoms with Crippen LogP contribution in [0.15, 0.2) is 18.7 Å². The van der Waals surface area contributed by atoms with Gasteiger partial charge in [0.25, 0.3) is 5.91 Å². The lowest BCUT2D eigenvalue weighted by Gasteiger charge is -2.56. The van der Waals surface area contributed by atoms with Crippen molar-refractivity contribution >= 4 is 11.8 Å². The van der Waals surface area contributed by atoms with Crippen molar-refractivity contribution in [3.8, 4) is 0 Å². The Morgan fingerprint density at radius 3 is 2.47 bits per heavy atom. The van der Waals surface area contributed by atoms with E-state index in [1.165, 1.54) is 18.7 Å². The highest BCUT2D eigenvalue weighted by atomic mass is 16.3. The smallest absolute Gasteiger partial charge is 0.254 e. The third-order valence-corrected chi connectivity index (χ3v) is 8.01. The lowest BCUT2D eigenvalue weighted by atomic mass is 9.51. The SMILES string of the molecule is C[C@H]1[C@@H]2[C@@H](O)[C@@H]([C@H](C)C(=O)NC3CC3)CC[C@@]2(C)CC[C@@H]1NC(=O)c1cncnc1. The quantitative estimate of drug-likeness (QED) is 0.686. The summed E-state index contributed by atoms with van der Waals surface area (Å²) >= 11 is 0. The molecular formula is C23H34N4O3. The average Bonchev–Trinajstić information content (AvgIpc) is 3.54. The number of aliphatic hydroxyl groups excluding tert-OH is 1. The lowest BCUT2D eigenvalue weighted by molar-refractivity contribution is -0.142. The molecule has 0 spiro atoms. The van der Waals surface area contributed by atoms with Gasteiger partial charge in [0.15, 0.2) is 0 Å². The van der Waals surface area contributed by atoms with E-state index in [1.54, 1.807) is 0 Å². The van der Waals surface area contributed by atoms with E-state index in [-0.39, 0.29) is 46.9 Å². The largest absolute Gasteiger partial charge is 0.392 e. The van der Waals surface area contributed by atoms with E-state index in [0.29, 0.717) is 11.6 Å². The topological polar surface area (TPSA) is 104 Å². The summed E-state index contributed by atoms with van der Waals surface area (Å²) in [6.45, 7) is 6.36. The average molecular weight is 415 g/mol. The van der Waals surface area contributed by atoms with E-state index in [1.807, 2.05) is 6.92 Å². The molecule has 2 amide bonds. The number of aromatic nitrogens is 2. The number of carbonyl (C=O) groups is 2. The second-order valence-corrected chi connectivity index (χ2v) is 10.0. The Balaban J connectivity index is 1.46.